The Labute approximate surface area is 295 Å². The summed E-state index contributed by atoms with van der Waals surface area (Å²) in [5, 5.41) is 9.44. The van der Waals surface area contributed by atoms with E-state index in [1.165, 1.54) is 12.1 Å². The number of carbonyl (C=O) groups is 3. The lowest BCUT2D eigenvalue weighted by Gasteiger charge is -2.33. The monoisotopic (exact) mass is 691 g/mol. The first-order valence-corrected chi connectivity index (χ1v) is 17.1. The molecule has 0 radical (unpaired) electrons. The number of esters is 1. The summed E-state index contributed by atoms with van der Waals surface area (Å²) in [6.45, 7) is 6.72. The lowest BCUT2D eigenvalue weighted by molar-refractivity contribution is -0.150. The van der Waals surface area contributed by atoms with Crippen LogP contribution in [0.5, 0.6) is 0 Å². The lowest BCUT2D eigenvalue weighted by Crippen LogP contribution is -2.39. The van der Waals surface area contributed by atoms with Crippen molar-refractivity contribution in [1.29, 1.82) is 0 Å². The fraction of sp³-hybridized carbons (Fsp3) is 0.250. The van der Waals surface area contributed by atoms with Crippen LogP contribution in [0.1, 0.15) is 65.1 Å². The molecule has 3 amide bonds. The highest BCUT2D eigenvalue weighted by Gasteiger charge is 2.36. The highest BCUT2D eigenvalue weighted by molar-refractivity contribution is 6.08. The molecule has 0 spiro atoms. The minimum atomic E-state index is -1.01. The summed E-state index contributed by atoms with van der Waals surface area (Å²) in [7, 11) is 0. The zero-order valence-electron chi connectivity index (χ0n) is 28.7. The number of urea groups is 1. The molecule has 1 unspecified atom stereocenters. The van der Waals surface area contributed by atoms with Gasteiger partial charge in [0.15, 0.2) is 0 Å². The molecule has 2 heterocycles. The first-order valence-electron chi connectivity index (χ1n) is 17.1. The number of imide groups is 1. The number of hydrogen-bond donors (Lipinski definition) is 2. The quantitative estimate of drug-likeness (QED) is 0.147. The number of benzene rings is 4. The second-order valence-corrected chi connectivity index (χ2v) is 12.2. The molecule has 0 aliphatic carbocycles. The Morgan fingerprint density at radius 2 is 1.53 bits per heavy atom. The van der Waals surface area contributed by atoms with Crippen LogP contribution in [-0.4, -0.2) is 45.7 Å². The number of ether oxygens (including phenoxy) is 1. The standard InChI is InChI=1S/C40H39F2N5O4/c1-4-25-18-13-19-26(5-2)35(25)47-37(29-22-32(42)34(23-31(29)41)43-40(50)44-38(48)28-16-11-8-12-17-28)30-24-46(21-20-33(30)45-47)36(39(49)51-6-3)27-14-9-7-10-15-27/h7-19,22-23,36H,4-6,20-21,24H2,1-3H3,(H2,43,44,48,50). The molecule has 1 atom stereocenters. The van der Waals surface area contributed by atoms with Crippen molar-refractivity contribution in [3.8, 4) is 16.9 Å². The van der Waals surface area contributed by atoms with E-state index in [0.29, 0.717) is 42.8 Å². The first-order chi connectivity index (χ1) is 24.7. The largest absolute Gasteiger partial charge is 0.465 e. The summed E-state index contributed by atoms with van der Waals surface area (Å²) in [6, 6.07) is 23.6. The zero-order chi connectivity index (χ0) is 36.1. The van der Waals surface area contributed by atoms with Crippen LogP contribution in [0.15, 0.2) is 91.0 Å². The summed E-state index contributed by atoms with van der Waals surface area (Å²) in [4.78, 5) is 40.6. The Hall–Kier alpha value is -5.68. The summed E-state index contributed by atoms with van der Waals surface area (Å²) in [5.41, 5.74) is 4.99. The number of aromatic nitrogens is 2. The highest BCUT2D eigenvalue weighted by Crippen LogP contribution is 2.39. The van der Waals surface area contributed by atoms with E-state index in [1.807, 2.05) is 67.3 Å². The van der Waals surface area contributed by atoms with Gasteiger partial charge in [-0.05, 0) is 54.7 Å². The number of fused-ring (bicyclic) bond motifs is 1. The average Bonchev–Trinajstić information content (AvgIpc) is 3.51. The van der Waals surface area contributed by atoms with Gasteiger partial charge < -0.3 is 10.1 Å². The maximum atomic E-state index is 16.4. The molecule has 1 aliphatic heterocycles. The van der Waals surface area contributed by atoms with Gasteiger partial charge in [0, 0.05) is 42.3 Å². The van der Waals surface area contributed by atoms with Crippen molar-refractivity contribution in [1.82, 2.24) is 20.0 Å². The smallest absolute Gasteiger partial charge is 0.328 e. The van der Waals surface area contributed by atoms with Crippen molar-refractivity contribution in [2.75, 3.05) is 18.5 Å². The molecule has 0 bridgehead atoms. The molecule has 5 aromatic rings. The van der Waals surface area contributed by atoms with Gasteiger partial charge in [0.05, 0.1) is 29.4 Å². The molecular formula is C40H39F2N5O4. The van der Waals surface area contributed by atoms with Crippen LogP contribution in [0.4, 0.5) is 19.3 Å². The number of carbonyl (C=O) groups excluding carboxylic acids is 3. The van der Waals surface area contributed by atoms with Crippen molar-refractivity contribution in [3.05, 3.63) is 136 Å². The predicted molar refractivity (Wildman–Crippen MR) is 191 cm³/mol. The van der Waals surface area contributed by atoms with Crippen LogP contribution in [0.25, 0.3) is 16.9 Å². The Balaban J connectivity index is 1.44. The molecule has 0 fully saturated rings. The SMILES string of the molecule is CCOC(=O)C(c1ccccc1)N1CCc2nn(-c3c(CC)cccc3CC)c(-c3cc(F)c(NC(=O)NC(=O)c4ccccc4)cc3F)c2C1. The molecule has 0 saturated heterocycles. The molecule has 1 aliphatic rings. The first kappa shape index (κ1) is 35.2. The predicted octanol–water partition coefficient (Wildman–Crippen LogP) is 7.57. The Morgan fingerprint density at radius 3 is 2.18 bits per heavy atom. The van der Waals surface area contributed by atoms with Gasteiger partial charge >= 0.3 is 12.0 Å². The van der Waals surface area contributed by atoms with E-state index in [4.69, 9.17) is 9.84 Å². The number of anilines is 1. The lowest BCUT2D eigenvalue weighted by atomic mass is 9.96. The number of rotatable bonds is 10. The summed E-state index contributed by atoms with van der Waals surface area (Å²) in [6.07, 6.45) is 1.80. The molecular weight excluding hydrogens is 652 g/mol. The van der Waals surface area contributed by atoms with E-state index in [0.717, 1.165) is 34.5 Å². The topological polar surface area (TPSA) is 106 Å². The van der Waals surface area contributed by atoms with Crippen molar-refractivity contribution in [2.45, 2.75) is 52.6 Å². The molecule has 1 aromatic heterocycles. The molecule has 6 rings (SSSR count). The third-order valence-corrected chi connectivity index (χ3v) is 9.05. The number of nitrogens with zero attached hydrogens (tertiary/aromatic N) is 3. The average molecular weight is 692 g/mol. The molecule has 9 nitrogen and oxygen atoms in total. The minimum Gasteiger partial charge on any atom is -0.465 e. The van der Waals surface area contributed by atoms with Crippen LogP contribution >= 0.6 is 0 Å². The third kappa shape index (κ3) is 7.29. The Kier molecular flexibility index (Phi) is 10.7. The van der Waals surface area contributed by atoms with Crippen molar-refractivity contribution in [2.24, 2.45) is 0 Å². The number of para-hydroxylation sites is 1. The zero-order valence-corrected chi connectivity index (χ0v) is 28.7. The fourth-order valence-electron chi connectivity index (χ4n) is 6.64. The van der Waals surface area contributed by atoms with Crippen LogP contribution in [0, 0.1) is 11.6 Å². The maximum absolute atomic E-state index is 16.4. The molecule has 0 saturated carbocycles. The summed E-state index contributed by atoms with van der Waals surface area (Å²) < 4.78 is 39.6. The van der Waals surface area contributed by atoms with E-state index >= 15 is 8.78 Å². The molecule has 51 heavy (non-hydrogen) atoms. The number of aryl methyl sites for hydroxylation is 2. The number of hydrogen-bond acceptors (Lipinski definition) is 6. The maximum Gasteiger partial charge on any atom is 0.328 e. The van der Waals surface area contributed by atoms with Gasteiger partial charge in [-0.3, -0.25) is 15.0 Å². The summed E-state index contributed by atoms with van der Waals surface area (Å²) in [5.74, 6) is -2.80. The van der Waals surface area contributed by atoms with E-state index < -0.39 is 41.3 Å². The normalized spacial score (nSPS) is 13.3. The minimum absolute atomic E-state index is 0.0604. The van der Waals surface area contributed by atoms with Crippen LogP contribution < -0.4 is 10.6 Å². The Bertz CT molecular complexity index is 2040. The van der Waals surface area contributed by atoms with Gasteiger partial charge in [-0.1, -0.05) is 80.6 Å². The van der Waals surface area contributed by atoms with Crippen molar-refractivity contribution in [3.63, 3.8) is 0 Å². The molecule has 11 heteroatoms. The van der Waals surface area contributed by atoms with Crippen LogP contribution in [0.3, 0.4) is 0 Å². The second kappa shape index (κ2) is 15.5. The van der Waals surface area contributed by atoms with Gasteiger partial charge in [0.2, 0.25) is 0 Å². The van der Waals surface area contributed by atoms with Gasteiger partial charge in [-0.15, -0.1) is 0 Å². The van der Waals surface area contributed by atoms with Gasteiger partial charge in [-0.2, -0.15) is 5.10 Å². The van der Waals surface area contributed by atoms with E-state index in [9.17, 15) is 14.4 Å². The van der Waals surface area contributed by atoms with Crippen LogP contribution in [0.2, 0.25) is 0 Å². The van der Waals surface area contributed by atoms with E-state index in [-0.39, 0.29) is 24.3 Å². The van der Waals surface area contributed by atoms with Gasteiger partial charge in [0.1, 0.15) is 17.7 Å². The molecule has 262 valence electrons. The summed E-state index contributed by atoms with van der Waals surface area (Å²) >= 11 is 0. The molecule has 4 aromatic carbocycles. The molecule has 2 N–H and O–H groups in total. The van der Waals surface area contributed by atoms with Gasteiger partial charge in [0.25, 0.3) is 5.91 Å². The van der Waals surface area contributed by atoms with Crippen molar-refractivity contribution < 1.29 is 27.9 Å². The van der Waals surface area contributed by atoms with Crippen LogP contribution in [-0.2, 0) is 35.3 Å². The van der Waals surface area contributed by atoms with Crippen molar-refractivity contribution >= 4 is 23.6 Å². The number of amides is 3. The fourth-order valence-corrected chi connectivity index (χ4v) is 6.64. The number of halogens is 2. The van der Waals surface area contributed by atoms with Gasteiger partial charge in [-0.25, -0.2) is 23.1 Å². The number of nitrogens with one attached hydrogen (secondary N) is 2. The van der Waals surface area contributed by atoms with E-state index in [2.05, 4.69) is 10.6 Å². The second-order valence-electron chi connectivity index (χ2n) is 12.2. The Morgan fingerprint density at radius 1 is 0.863 bits per heavy atom. The van der Waals surface area contributed by atoms with E-state index in [1.54, 1.807) is 29.8 Å². The highest BCUT2D eigenvalue weighted by atomic mass is 19.1. The third-order valence-electron chi connectivity index (χ3n) is 9.05.